The number of amides is 1. The van der Waals surface area contributed by atoms with E-state index < -0.39 is 0 Å². The summed E-state index contributed by atoms with van der Waals surface area (Å²) in [5.74, 6) is 1.06. The molecule has 0 atom stereocenters. The van der Waals surface area contributed by atoms with Crippen LogP contribution in [-0.4, -0.2) is 55.5 Å². The number of rotatable bonds is 3. The number of carbonyl (C=O) groups is 1. The van der Waals surface area contributed by atoms with Crippen molar-refractivity contribution in [3.05, 3.63) is 40.7 Å². The van der Waals surface area contributed by atoms with E-state index >= 15 is 0 Å². The molecule has 2 fully saturated rings. The molecule has 3 rings (SSSR count). The highest BCUT2D eigenvalue weighted by molar-refractivity contribution is 5.90. The number of carbonyl (C=O) groups excluding carboxylic acids is 1. The van der Waals surface area contributed by atoms with Crippen LogP contribution in [0.2, 0.25) is 0 Å². The van der Waals surface area contributed by atoms with Gasteiger partial charge in [-0.15, -0.1) is 0 Å². The molecule has 152 valence electrons. The van der Waals surface area contributed by atoms with E-state index in [0.29, 0.717) is 17.2 Å². The first-order valence-electron chi connectivity index (χ1n) is 9.99. The van der Waals surface area contributed by atoms with Gasteiger partial charge in [0.15, 0.2) is 0 Å². The van der Waals surface area contributed by atoms with E-state index in [0.717, 1.165) is 63.1 Å². The summed E-state index contributed by atoms with van der Waals surface area (Å²) in [6.45, 7) is 9.59. The molecule has 2 heterocycles. The van der Waals surface area contributed by atoms with Gasteiger partial charge in [-0.25, -0.2) is 0 Å². The molecule has 1 amide bonds. The van der Waals surface area contributed by atoms with E-state index in [1.807, 2.05) is 6.92 Å². The summed E-state index contributed by atoms with van der Waals surface area (Å²) in [4.78, 5) is 19.8. The molecule has 1 aromatic carbocycles. The number of benzene rings is 1. The van der Waals surface area contributed by atoms with Crippen LogP contribution in [-0.2, 0) is 9.53 Å². The Labute approximate surface area is 168 Å². The molecule has 0 unspecified atom stereocenters. The van der Waals surface area contributed by atoms with Gasteiger partial charge in [-0.05, 0) is 67.7 Å². The number of hydrogen-bond acceptors (Lipinski definition) is 4. The molecule has 0 radical (unpaired) electrons. The Hall–Kier alpha value is -2.34. The summed E-state index contributed by atoms with van der Waals surface area (Å²) in [7, 11) is 1.73. The van der Waals surface area contributed by atoms with Crippen LogP contribution in [0.15, 0.2) is 29.0 Å². The zero-order chi connectivity index (χ0) is 20.3. The molecular formula is C22H32N4O2. The van der Waals surface area contributed by atoms with Gasteiger partial charge in [-0.1, -0.05) is 18.2 Å². The number of piperidine rings is 1. The summed E-state index contributed by atoms with van der Waals surface area (Å²) in [5.41, 5.74) is 11.1. The fraction of sp³-hybridized carbons (Fsp3) is 0.545. The smallest absolute Gasteiger partial charge is 0.216 e. The van der Waals surface area contributed by atoms with E-state index in [-0.39, 0.29) is 0 Å². The van der Waals surface area contributed by atoms with E-state index in [1.165, 1.54) is 16.0 Å². The highest BCUT2D eigenvalue weighted by Gasteiger charge is 2.39. The average Bonchev–Trinajstić information content (AvgIpc) is 3.15. The van der Waals surface area contributed by atoms with Crippen molar-refractivity contribution in [2.45, 2.75) is 40.0 Å². The summed E-state index contributed by atoms with van der Waals surface area (Å²) in [6.07, 6.45) is 4.03. The molecule has 0 aliphatic carbocycles. The molecule has 2 aliphatic rings. The first kappa shape index (κ1) is 20.4. The SMILES string of the molecule is C/C(=C(/N)N=C(N(C)C=O)N1CCC2(CCOC2)CC1)c1ccc(C)c(C)c1. The molecule has 2 N–H and O–H groups in total. The van der Waals surface area contributed by atoms with Crippen molar-refractivity contribution in [2.75, 3.05) is 33.4 Å². The van der Waals surface area contributed by atoms with Gasteiger partial charge in [-0.2, -0.15) is 4.99 Å². The van der Waals surface area contributed by atoms with Gasteiger partial charge in [0.1, 0.15) is 5.82 Å². The summed E-state index contributed by atoms with van der Waals surface area (Å²) in [5, 5.41) is 0. The largest absolute Gasteiger partial charge is 0.383 e. The lowest BCUT2D eigenvalue weighted by molar-refractivity contribution is -0.114. The highest BCUT2D eigenvalue weighted by atomic mass is 16.5. The molecule has 0 aromatic heterocycles. The van der Waals surface area contributed by atoms with Gasteiger partial charge >= 0.3 is 0 Å². The Bertz CT molecular complexity index is 784. The first-order chi connectivity index (χ1) is 13.3. The first-order valence-corrected chi connectivity index (χ1v) is 9.99. The summed E-state index contributed by atoms with van der Waals surface area (Å²) in [6, 6.07) is 6.28. The number of guanidine groups is 1. The van der Waals surface area contributed by atoms with Crippen molar-refractivity contribution < 1.29 is 9.53 Å². The van der Waals surface area contributed by atoms with Crippen LogP contribution in [0.5, 0.6) is 0 Å². The Kier molecular flexibility index (Phi) is 6.08. The summed E-state index contributed by atoms with van der Waals surface area (Å²) >= 11 is 0. The lowest BCUT2D eigenvalue weighted by atomic mass is 9.78. The lowest BCUT2D eigenvalue weighted by Crippen LogP contribution is -2.48. The second-order valence-electron chi connectivity index (χ2n) is 8.23. The lowest BCUT2D eigenvalue weighted by Gasteiger charge is -2.40. The van der Waals surface area contributed by atoms with Crippen molar-refractivity contribution in [2.24, 2.45) is 16.1 Å². The van der Waals surface area contributed by atoms with Crippen LogP contribution in [0.3, 0.4) is 0 Å². The van der Waals surface area contributed by atoms with Crippen LogP contribution in [0.4, 0.5) is 0 Å². The maximum absolute atomic E-state index is 11.5. The maximum Gasteiger partial charge on any atom is 0.216 e. The van der Waals surface area contributed by atoms with Crippen molar-refractivity contribution in [3.63, 3.8) is 0 Å². The molecule has 1 spiro atoms. The van der Waals surface area contributed by atoms with Crippen LogP contribution in [0.25, 0.3) is 5.57 Å². The molecule has 6 nitrogen and oxygen atoms in total. The standard InChI is InChI=1S/C22H32N4O2/c1-16-5-6-19(13-17(16)2)18(3)20(23)24-21(25(4)15-27)26-10-7-22(8-11-26)9-12-28-14-22/h5-6,13,15H,7-12,14,23H2,1-4H3/b20-18+,24-21?. The van der Waals surface area contributed by atoms with Gasteiger partial charge in [0.2, 0.25) is 12.4 Å². The van der Waals surface area contributed by atoms with Crippen molar-refractivity contribution in [1.82, 2.24) is 9.80 Å². The third-order valence-corrected chi connectivity index (χ3v) is 6.31. The number of aryl methyl sites for hydroxylation is 2. The van der Waals surface area contributed by atoms with Gasteiger partial charge in [0.25, 0.3) is 0 Å². The fourth-order valence-electron chi connectivity index (χ4n) is 3.96. The Balaban J connectivity index is 1.85. The summed E-state index contributed by atoms with van der Waals surface area (Å²) < 4.78 is 5.62. The van der Waals surface area contributed by atoms with Crippen LogP contribution in [0.1, 0.15) is 42.9 Å². The highest BCUT2D eigenvalue weighted by Crippen LogP contribution is 2.39. The number of likely N-dealkylation sites (tertiary alicyclic amines) is 1. The third kappa shape index (κ3) is 4.22. The molecule has 28 heavy (non-hydrogen) atoms. The zero-order valence-electron chi connectivity index (χ0n) is 17.5. The number of aliphatic imine (C=N–C) groups is 1. The number of ether oxygens (including phenoxy) is 1. The second-order valence-corrected chi connectivity index (χ2v) is 8.23. The molecule has 0 bridgehead atoms. The van der Waals surface area contributed by atoms with Crippen LogP contribution in [0, 0.1) is 19.3 Å². The number of allylic oxidation sites excluding steroid dienone is 1. The van der Waals surface area contributed by atoms with Crippen molar-refractivity contribution in [1.29, 1.82) is 0 Å². The minimum atomic E-state index is 0.304. The van der Waals surface area contributed by atoms with Gasteiger partial charge in [0.05, 0.1) is 6.61 Å². The number of nitrogens with two attached hydrogens (primary N) is 1. The quantitative estimate of drug-likeness (QED) is 0.494. The number of nitrogens with zero attached hydrogens (tertiary/aromatic N) is 3. The predicted octanol–water partition coefficient (Wildman–Crippen LogP) is 2.90. The minimum absolute atomic E-state index is 0.304. The fourth-order valence-corrected chi connectivity index (χ4v) is 3.96. The van der Waals surface area contributed by atoms with Crippen LogP contribution < -0.4 is 5.73 Å². The topological polar surface area (TPSA) is 71.2 Å². The zero-order valence-corrected chi connectivity index (χ0v) is 17.5. The molecule has 0 saturated carbocycles. The molecule has 6 heteroatoms. The van der Waals surface area contributed by atoms with E-state index in [9.17, 15) is 4.79 Å². The van der Waals surface area contributed by atoms with Gasteiger partial charge in [0, 0.05) is 26.7 Å². The Morgan fingerprint density at radius 1 is 1.25 bits per heavy atom. The molecule has 1 aromatic rings. The van der Waals surface area contributed by atoms with E-state index in [4.69, 9.17) is 10.5 Å². The monoisotopic (exact) mass is 384 g/mol. The minimum Gasteiger partial charge on any atom is -0.383 e. The molecule has 2 saturated heterocycles. The molecule has 2 aliphatic heterocycles. The number of hydrogen-bond donors (Lipinski definition) is 1. The Morgan fingerprint density at radius 3 is 2.54 bits per heavy atom. The van der Waals surface area contributed by atoms with Gasteiger partial charge in [-0.3, -0.25) is 9.69 Å². The third-order valence-electron chi connectivity index (χ3n) is 6.31. The van der Waals surface area contributed by atoms with Crippen molar-refractivity contribution >= 4 is 17.9 Å². The van der Waals surface area contributed by atoms with Gasteiger partial charge < -0.3 is 15.4 Å². The Morgan fingerprint density at radius 2 is 1.96 bits per heavy atom. The second kappa shape index (κ2) is 8.35. The van der Waals surface area contributed by atoms with Crippen LogP contribution >= 0.6 is 0 Å². The van der Waals surface area contributed by atoms with Crippen molar-refractivity contribution in [3.8, 4) is 0 Å². The van der Waals surface area contributed by atoms with E-state index in [2.05, 4.69) is 41.9 Å². The maximum atomic E-state index is 11.5. The molecular weight excluding hydrogens is 352 g/mol. The predicted molar refractivity (Wildman–Crippen MR) is 113 cm³/mol. The normalized spacial score (nSPS) is 20.3. The van der Waals surface area contributed by atoms with E-state index in [1.54, 1.807) is 7.05 Å². The average molecular weight is 385 g/mol.